The lowest BCUT2D eigenvalue weighted by Gasteiger charge is -2.12. The molecule has 2 aromatic rings. The molecule has 0 atom stereocenters. The molecule has 0 saturated heterocycles. The lowest BCUT2D eigenvalue weighted by atomic mass is 10.1. The molecule has 1 amide bonds. The van der Waals surface area contributed by atoms with Crippen molar-refractivity contribution in [1.82, 2.24) is 5.01 Å². The number of nitrogens with zero attached hydrogens (tertiary/aromatic N) is 3. The number of anilines is 1. The second-order valence-electron chi connectivity index (χ2n) is 5.34. The van der Waals surface area contributed by atoms with Crippen molar-refractivity contribution in [2.24, 2.45) is 5.10 Å². The molecule has 0 aliphatic carbocycles. The zero-order valence-corrected chi connectivity index (χ0v) is 12.9. The summed E-state index contributed by atoms with van der Waals surface area (Å²) >= 11 is 0. The number of nitrogens with one attached hydrogen (secondary N) is 1. The SMILES string of the molecule is O=C(CNc1cccc([N+](=O)[O-])c1)N1CCC(c2ccccc2)=N1. The van der Waals surface area contributed by atoms with Crippen LogP contribution in [-0.4, -0.2) is 34.6 Å². The van der Waals surface area contributed by atoms with E-state index in [4.69, 9.17) is 0 Å². The van der Waals surface area contributed by atoms with Crippen LogP contribution in [0.2, 0.25) is 0 Å². The van der Waals surface area contributed by atoms with Crippen LogP contribution in [0.5, 0.6) is 0 Å². The van der Waals surface area contributed by atoms with Gasteiger partial charge in [-0.2, -0.15) is 5.10 Å². The first-order valence-electron chi connectivity index (χ1n) is 7.55. The summed E-state index contributed by atoms with van der Waals surface area (Å²) in [6.07, 6.45) is 0.715. The van der Waals surface area contributed by atoms with Gasteiger partial charge in [0.1, 0.15) is 0 Å². The van der Waals surface area contributed by atoms with E-state index in [0.717, 1.165) is 11.3 Å². The second-order valence-corrected chi connectivity index (χ2v) is 5.34. The maximum atomic E-state index is 12.2. The van der Waals surface area contributed by atoms with Gasteiger partial charge in [0.2, 0.25) is 0 Å². The molecule has 0 unspecified atom stereocenters. The maximum absolute atomic E-state index is 12.2. The molecule has 24 heavy (non-hydrogen) atoms. The minimum atomic E-state index is -0.468. The Bertz CT molecular complexity index is 789. The summed E-state index contributed by atoms with van der Waals surface area (Å²) in [6, 6.07) is 15.8. The van der Waals surface area contributed by atoms with Crippen LogP contribution in [0.1, 0.15) is 12.0 Å². The zero-order valence-electron chi connectivity index (χ0n) is 12.9. The summed E-state index contributed by atoms with van der Waals surface area (Å²) in [5, 5.41) is 19.5. The molecular weight excluding hydrogens is 308 g/mol. The summed E-state index contributed by atoms with van der Waals surface area (Å²) in [5.41, 5.74) is 2.42. The molecule has 0 bridgehead atoms. The largest absolute Gasteiger partial charge is 0.376 e. The summed E-state index contributed by atoms with van der Waals surface area (Å²) in [6.45, 7) is 0.576. The Morgan fingerprint density at radius 2 is 2.00 bits per heavy atom. The number of carbonyl (C=O) groups excluding carboxylic acids is 1. The lowest BCUT2D eigenvalue weighted by Crippen LogP contribution is -2.29. The average Bonchev–Trinajstić information content (AvgIpc) is 3.11. The van der Waals surface area contributed by atoms with Gasteiger partial charge >= 0.3 is 0 Å². The highest BCUT2D eigenvalue weighted by molar-refractivity contribution is 6.02. The number of non-ortho nitro benzene ring substituents is 1. The van der Waals surface area contributed by atoms with E-state index in [-0.39, 0.29) is 18.1 Å². The molecule has 2 aromatic carbocycles. The summed E-state index contributed by atoms with van der Waals surface area (Å²) in [4.78, 5) is 22.5. The lowest BCUT2D eigenvalue weighted by molar-refractivity contribution is -0.384. The van der Waals surface area contributed by atoms with E-state index in [1.807, 2.05) is 30.3 Å². The van der Waals surface area contributed by atoms with Gasteiger partial charge in [0.05, 0.1) is 23.7 Å². The summed E-state index contributed by atoms with van der Waals surface area (Å²) in [7, 11) is 0. The monoisotopic (exact) mass is 324 g/mol. The standard InChI is InChI=1S/C17H16N4O3/c22-17(12-18-14-7-4-8-15(11-14)21(23)24)20-10-9-16(19-20)13-5-2-1-3-6-13/h1-8,11,18H,9-10,12H2. The number of benzene rings is 2. The highest BCUT2D eigenvalue weighted by atomic mass is 16.6. The van der Waals surface area contributed by atoms with Gasteiger partial charge in [0.25, 0.3) is 11.6 Å². The van der Waals surface area contributed by atoms with Crippen molar-refractivity contribution in [3.05, 3.63) is 70.3 Å². The second kappa shape index (κ2) is 6.91. The first-order valence-corrected chi connectivity index (χ1v) is 7.55. The highest BCUT2D eigenvalue weighted by Gasteiger charge is 2.21. The Kier molecular flexibility index (Phi) is 4.51. The van der Waals surface area contributed by atoms with E-state index in [1.54, 1.807) is 12.1 Å². The fourth-order valence-corrected chi connectivity index (χ4v) is 2.47. The molecular formula is C17H16N4O3. The van der Waals surface area contributed by atoms with Crippen molar-refractivity contribution < 1.29 is 9.72 Å². The van der Waals surface area contributed by atoms with Crippen molar-refractivity contribution in [3.63, 3.8) is 0 Å². The molecule has 1 aliphatic rings. The maximum Gasteiger partial charge on any atom is 0.271 e. The predicted molar refractivity (Wildman–Crippen MR) is 90.9 cm³/mol. The molecule has 1 heterocycles. The quantitative estimate of drug-likeness (QED) is 0.676. The number of hydrogen-bond acceptors (Lipinski definition) is 5. The van der Waals surface area contributed by atoms with Crippen molar-refractivity contribution >= 4 is 23.0 Å². The first kappa shape index (κ1) is 15.7. The third-order valence-electron chi connectivity index (χ3n) is 3.70. The zero-order chi connectivity index (χ0) is 16.9. The molecule has 3 rings (SSSR count). The average molecular weight is 324 g/mol. The van der Waals surface area contributed by atoms with Crippen LogP contribution in [0, 0.1) is 10.1 Å². The van der Waals surface area contributed by atoms with Gasteiger partial charge in [0, 0.05) is 24.2 Å². The third-order valence-corrected chi connectivity index (χ3v) is 3.70. The molecule has 0 radical (unpaired) electrons. The van der Waals surface area contributed by atoms with E-state index in [1.165, 1.54) is 17.1 Å². The van der Waals surface area contributed by atoms with Gasteiger partial charge < -0.3 is 5.32 Å². The van der Waals surface area contributed by atoms with Crippen LogP contribution in [-0.2, 0) is 4.79 Å². The summed E-state index contributed by atoms with van der Waals surface area (Å²) < 4.78 is 0. The molecule has 1 aliphatic heterocycles. The molecule has 7 heteroatoms. The Labute approximate surface area is 138 Å². The molecule has 0 fully saturated rings. The summed E-state index contributed by atoms with van der Waals surface area (Å²) in [5.74, 6) is -0.174. The normalized spacial score (nSPS) is 13.5. The Morgan fingerprint density at radius 3 is 2.75 bits per heavy atom. The van der Waals surface area contributed by atoms with Crippen LogP contribution in [0.3, 0.4) is 0 Å². The number of hydrazone groups is 1. The Morgan fingerprint density at radius 1 is 1.21 bits per heavy atom. The van der Waals surface area contributed by atoms with E-state index in [9.17, 15) is 14.9 Å². The molecule has 7 nitrogen and oxygen atoms in total. The van der Waals surface area contributed by atoms with Gasteiger partial charge in [-0.3, -0.25) is 14.9 Å². The Hall–Kier alpha value is -3.22. The van der Waals surface area contributed by atoms with E-state index in [0.29, 0.717) is 18.7 Å². The van der Waals surface area contributed by atoms with Gasteiger partial charge in [-0.1, -0.05) is 36.4 Å². The smallest absolute Gasteiger partial charge is 0.271 e. The number of amides is 1. The number of rotatable bonds is 5. The van der Waals surface area contributed by atoms with Crippen LogP contribution in [0.15, 0.2) is 59.7 Å². The number of nitro groups is 1. The minimum absolute atomic E-state index is 0.0157. The van der Waals surface area contributed by atoms with Gasteiger partial charge in [0.15, 0.2) is 0 Å². The molecule has 122 valence electrons. The molecule has 0 aromatic heterocycles. The molecule has 0 spiro atoms. The van der Waals surface area contributed by atoms with E-state index in [2.05, 4.69) is 10.4 Å². The number of carbonyl (C=O) groups is 1. The van der Waals surface area contributed by atoms with Gasteiger partial charge in [-0.05, 0) is 11.6 Å². The van der Waals surface area contributed by atoms with Gasteiger partial charge in [-0.25, -0.2) is 5.01 Å². The molecule has 0 saturated carbocycles. The predicted octanol–water partition coefficient (Wildman–Crippen LogP) is 2.64. The van der Waals surface area contributed by atoms with Gasteiger partial charge in [-0.15, -0.1) is 0 Å². The van der Waals surface area contributed by atoms with E-state index >= 15 is 0 Å². The van der Waals surface area contributed by atoms with Crippen molar-refractivity contribution in [2.75, 3.05) is 18.4 Å². The van der Waals surface area contributed by atoms with Crippen molar-refractivity contribution in [2.45, 2.75) is 6.42 Å². The third kappa shape index (κ3) is 3.57. The highest BCUT2D eigenvalue weighted by Crippen LogP contribution is 2.17. The fraction of sp³-hybridized carbons (Fsp3) is 0.176. The van der Waals surface area contributed by atoms with Crippen LogP contribution < -0.4 is 5.32 Å². The van der Waals surface area contributed by atoms with Crippen molar-refractivity contribution in [1.29, 1.82) is 0 Å². The number of hydrogen-bond donors (Lipinski definition) is 1. The van der Waals surface area contributed by atoms with E-state index < -0.39 is 4.92 Å². The van der Waals surface area contributed by atoms with Crippen LogP contribution in [0.4, 0.5) is 11.4 Å². The topological polar surface area (TPSA) is 87.8 Å². The molecule has 1 N–H and O–H groups in total. The number of nitro benzene ring substituents is 1. The van der Waals surface area contributed by atoms with Crippen LogP contribution >= 0.6 is 0 Å². The Balaban J connectivity index is 1.61. The van der Waals surface area contributed by atoms with Crippen LogP contribution in [0.25, 0.3) is 0 Å². The van der Waals surface area contributed by atoms with Crippen molar-refractivity contribution in [3.8, 4) is 0 Å². The fourth-order valence-electron chi connectivity index (χ4n) is 2.47. The minimum Gasteiger partial charge on any atom is -0.376 e. The first-order chi connectivity index (χ1) is 11.6.